The molecule has 0 aromatic heterocycles. The number of benzene rings is 1. The molecule has 10 heteroatoms. The van der Waals surface area contributed by atoms with Crippen LogP contribution in [0.1, 0.15) is 17.5 Å². The molecule has 0 aliphatic heterocycles. The van der Waals surface area contributed by atoms with E-state index >= 15 is 0 Å². The summed E-state index contributed by atoms with van der Waals surface area (Å²) in [6.07, 6.45) is -15.0. The van der Waals surface area contributed by atoms with Gasteiger partial charge in [0, 0.05) is 0 Å². The maximum atomic E-state index is 14.9. The van der Waals surface area contributed by atoms with Crippen LogP contribution in [0.25, 0.3) is 0 Å². The summed E-state index contributed by atoms with van der Waals surface area (Å²) >= 11 is 0. The number of allylic oxidation sites excluding steroid dienone is 4. The number of alkyl halides is 7. The van der Waals surface area contributed by atoms with Gasteiger partial charge in [0.1, 0.15) is 11.7 Å². The quantitative estimate of drug-likeness (QED) is 0.596. The van der Waals surface area contributed by atoms with Crippen LogP contribution in [0.15, 0.2) is 48.1 Å². The predicted molar refractivity (Wildman–Crippen MR) is 71.8 cm³/mol. The van der Waals surface area contributed by atoms with E-state index in [1.54, 1.807) is 0 Å². The summed E-state index contributed by atoms with van der Waals surface area (Å²) in [6.45, 7) is 0. The molecular formula is C16H8F9N. The molecule has 0 fully saturated rings. The first kappa shape index (κ1) is 19.9. The van der Waals surface area contributed by atoms with Gasteiger partial charge in [-0.05, 0) is 23.8 Å². The van der Waals surface area contributed by atoms with Crippen LogP contribution in [-0.2, 0) is 5.41 Å². The molecule has 26 heavy (non-hydrogen) atoms. The molecule has 0 radical (unpaired) electrons. The van der Waals surface area contributed by atoms with Crippen molar-refractivity contribution in [2.45, 2.75) is 29.9 Å². The second-order valence-corrected chi connectivity index (χ2v) is 5.54. The Kier molecular flexibility index (Phi) is 4.64. The zero-order valence-corrected chi connectivity index (χ0v) is 12.5. The maximum absolute atomic E-state index is 14.9. The Morgan fingerprint density at radius 2 is 1.31 bits per heavy atom. The molecule has 1 nitrogen and oxygen atoms in total. The van der Waals surface area contributed by atoms with E-state index in [1.165, 1.54) is 6.07 Å². The third-order valence-electron chi connectivity index (χ3n) is 3.95. The minimum absolute atomic E-state index is 0.271. The minimum atomic E-state index is -6.60. The van der Waals surface area contributed by atoms with Gasteiger partial charge in [0.2, 0.25) is 0 Å². The molecule has 0 unspecified atom stereocenters. The van der Waals surface area contributed by atoms with E-state index < -0.39 is 52.6 Å². The standard InChI is InChI=1S/C16H8F9N/c17-10-5-11(18)7-13(6-10,12-4-2-1-3-9(12)8-26)14(19,15(20,21)22)16(23,24)25/h1-4,6-7H,5H2. The van der Waals surface area contributed by atoms with Gasteiger partial charge >= 0.3 is 18.0 Å². The van der Waals surface area contributed by atoms with Crippen LogP contribution >= 0.6 is 0 Å². The first-order valence-corrected chi connectivity index (χ1v) is 6.86. The molecule has 1 aromatic carbocycles. The van der Waals surface area contributed by atoms with E-state index in [9.17, 15) is 39.5 Å². The van der Waals surface area contributed by atoms with Crippen LogP contribution in [0.3, 0.4) is 0 Å². The molecule has 0 N–H and O–H groups in total. The molecule has 0 heterocycles. The summed E-state index contributed by atoms with van der Waals surface area (Å²) in [5.41, 5.74) is -12.0. The van der Waals surface area contributed by atoms with Gasteiger partial charge in [0.05, 0.1) is 23.5 Å². The molecule has 1 aliphatic rings. The molecule has 140 valence electrons. The molecule has 0 saturated heterocycles. The van der Waals surface area contributed by atoms with Gasteiger partial charge < -0.3 is 0 Å². The molecular weight excluding hydrogens is 377 g/mol. The Hall–Kier alpha value is -2.44. The lowest BCUT2D eigenvalue weighted by Crippen LogP contribution is -2.65. The van der Waals surface area contributed by atoms with Crippen LogP contribution < -0.4 is 0 Å². The number of nitrogens with zero attached hydrogens (tertiary/aromatic N) is 1. The van der Waals surface area contributed by atoms with Crippen molar-refractivity contribution < 1.29 is 39.5 Å². The smallest absolute Gasteiger partial charge is 0.222 e. The number of halogens is 9. The average molecular weight is 385 g/mol. The summed E-state index contributed by atoms with van der Waals surface area (Å²) in [6, 6.07) is 4.74. The Bertz CT molecular complexity index is 776. The largest absolute Gasteiger partial charge is 0.433 e. The molecule has 0 bridgehead atoms. The lowest BCUT2D eigenvalue weighted by atomic mass is 9.64. The van der Waals surface area contributed by atoms with Crippen molar-refractivity contribution in [1.82, 2.24) is 0 Å². The Morgan fingerprint density at radius 3 is 1.73 bits per heavy atom. The Morgan fingerprint density at radius 1 is 0.846 bits per heavy atom. The molecule has 0 atom stereocenters. The zero-order valence-electron chi connectivity index (χ0n) is 12.5. The van der Waals surface area contributed by atoms with Gasteiger partial charge in [-0.1, -0.05) is 18.2 Å². The second kappa shape index (κ2) is 6.07. The van der Waals surface area contributed by atoms with Gasteiger partial charge in [0.15, 0.2) is 0 Å². The monoisotopic (exact) mass is 385 g/mol. The summed E-state index contributed by atoms with van der Waals surface area (Å²) in [5.74, 6) is -3.46. The minimum Gasteiger partial charge on any atom is -0.222 e. The SMILES string of the molecule is N#Cc1ccccc1C1(C(F)(C(F)(F)F)C(F)(F)F)C=C(F)CC(F)=C1. The van der Waals surface area contributed by atoms with E-state index in [0.29, 0.717) is 6.07 Å². The van der Waals surface area contributed by atoms with Gasteiger partial charge in [-0.25, -0.2) is 13.2 Å². The van der Waals surface area contributed by atoms with Crippen molar-refractivity contribution in [3.8, 4) is 6.07 Å². The molecule has 0 saturated carbocycles. The highest BCUT2D eigenvalue weighted by atomic mass is 19.4. The van der Waals surface area contributed by atoms with E-state index in [0.717, 1.165) is 18.2 Å². The Balaban J connectivity index is 3.05. The van der Waals surface area contributed by atoms with Crippen molar-refractivity contribution in [2.24, 2.45) is 0 Å². The van der Waals surface area contributed by atoms with Crippen molar-refractivity contribution in [3.05, 3.63) is 59.2 Å². The highest BCUT2D eigenvalue weighted by molar-refractivity contribution is 5.54. The molecule has 0 amide bonds. The summed E-state index contributed by atoms with van der Waals surface area (Å²) in [7, 11) is 0. The van der Waals surface area contributed by atoms with E-state index in [1.807, 2.05) is 0 Å². The first-order valence-electron chi connectivity index (χ1n) is 6.86. The van der Waals surface area contributed by atoms with Gasteiger partial charge in [-0.15, -0.1) is 0 Å². The second-order valence-electron chi connectivity index (χ2n) is 5.54. The van der Waals surface area contributed by atoms with Crippen molar-refractivity contribution in [1.29, 1.82) is 5.26 Å². The highest BCUT2D eigenvalue weighted by Gasteiger charge is 2.81. The first-order chi connectivity index (χ1) is 11.8. The molecule has 1 aromatic rings. The number of hydrogen-bond donors (Lipinski definition) is 0. The molecule has 0 spiro atoms. The van der Waals surface area contributed by atoms with Gasteiger partial charge in [0.25, 0.3) is 0 Å². The van der Waals surface area contributed by atoms with E-state index in [2.05, 4.69) is 0 Å². The van der Waals surface area contributed by atoms with E-state index in [4.69, 9.17) is 5.26 Å². The van der Waals surface area contributed by atoms with Crippen LogP contribution in [0, 0.1) is 11.3 Å². The Labute approximate surface area is 141 Å². The fourth-order valence-electron chi connectivity index (χ4n) is 2.91. The van der Waals surface area contributed by atoms with Crippen molar-refractivity contribution >= 4 is 0 Å². The third kappa shape index (κ3) is 2.75. The summed E-state index contributed by atoms with van der Waals surface area (Å²) < 4.78 is 122. The van der Waals surface area contributed by atoms with Crippen LogP contribution in [0.2, 0.25) is 0 Å². The maximum Gasteiger partial charge on any atom is 0.433 e. The van der Waals surface area contributed by atoms with Gasteiger partial charge in [-0.2, -0.15) is 31.6 Å². The average Bonchev–Trinajstić information content (AvgIpc) is 2.50. The highest BCUT2D eigenvalue weighted by Crippen LogP contribution is 2.60. The lowest BCUT2D eigenvalue weighted by molar-refractivity contribution is -0.354. The topological polar surface area (TPSA) is 23.8 Å². The third-order valence-corrected chi connectivity index (χ3v) is 3.95. The number of hydrogen-bond acceptors (Lipinski definition) is 1. The van der Waals surface area contributed by atoms with Gasteiger partial charge in [-0.3, -0.25) is 0 Å². The van der Waals surface area contributed by atoms with Crippen LogP contribution in [-0.4, -0.2) is 18.0 Å². The summed E-state index contributed by atoms with van der Waals surface area (Å²) in [5, 5.41) is 9.00. The normalized spacial score (nSPS) is 18.0. The molecule has 1 aliphatic carbocycles. The van der Waals surface area contributed by atoms with Crippen LogP contribution in [0.4, 0.5) is 39.5 Å². The fourth-order valence-corrected chi connectivity index (χ4v) is 2.91. The molecule has 2 rings (SSSR count). The van der Waals surface area contributed by atoms with Crippen molar-refractivity contribution in [2.75, 3.05) is 0 Å². The van der Waals surface area contributed by atoms with Crippen molar-refractivity contribution in [3.63, 3.8) is 0 Å². The fraction of sp³-hybridized carbons (Fsp3) is 0.312. The van der Waals surface area contributed by atoms with E-state index in [-0.39, 0.29) is 12.2 Å². The van der Waals surface area contributed by atoms with Crippen LogP contribution in [0.5, 0.6) is 0 Å². The predicted octanol–water partition coefficient (Wildman–Crippen LogP) is 5.74. The zero-order chi connectivity index (χ0) is 20.0. The summed E-state index contributed by atoms with van der Waals surface area (Å²) in [4.78, 5) is 0. The lowest BCUT2D eigenvalue weighted by Gasteiger charge is -2.44. The number of rotatable bonds is 2. The number of nitriles is 1.